The molecule has 7 nitrogen and oxygen atoms in total. The fourth-order valence-electron chi connectivity index (χ4n) is 4.52. The lowest BCUT2D eigenvalue weighted by Crippen LogP contribution is -2.48. The summed E-state index contributed by atoms with van der Waals surface area (Å²) in [7, 11) is 1.64. The van der Waals surface area contributed by atoms with Crippen molar-refractivity contribution in [2.45, 2.75) is 26.8 Å². The van der Waals surface area contributed by atoms with Crippen molar-refractivity contribution in [2.75, 3.05) is 36.0 Å². The first kappa shape index (κ1) is 24.9. The van der Waals surface area contributed by atoms with Crippen LogP contribution in [-0.2, 0) is 11.8 Å². The van der Waals surface area contributed by atoms with Gasteiger partial charge in [0.2, 0.25) is 0 Å². The van der Waals surface area contributed by atoms with E-state index in [4.69, 9.17) is 12.2 Å². The van der Waals surface area contributed by atoms with Crippen molar-refractivity contribution in [2.24, 2.45) is 7.05 Å². The van der Waals surface area contributed by atoms with Gasteiger partial charge in [0.25, 0.3) is 11.5 Å². The third-order valence-corrected chi connectivity index (χ3v) is 7.69. The first-order valence-electron chi connectivity index (χ1n) is 11.3. The summed E-state index contributed by atoms with van der Waals surface area (Å²) in [4.78, 5) is 32.1. The molecule has 2 aliphatic heterocycles. The van der Waals surface area contributed by atoms with Crippen molar-refractivity contribution in [1.82, 2.24) is 9.47 Å². The van der Waals surface area contributed by atoms with E-state index < -0.39 is 0 Å². The van der Waals surface area contributed by atoms with Crippen LogP contribution in [0.4, 0.5) is 15.9 Å². The lowest BCUT2D eigenvalue weighted by Gasteiger charge is -2.38. The minimum absolute atomic E-state index is 0.0480. The number of halogens is 1. The van der Waals surface area contributed by atoms with Crippen LogP contribution in [0.1, 0.15) is 30.5 Å². The van der Waals surface area contributed by atoms with Crippen LogP contribution in [0.15, 0.2) is 34.0 Å². The summed E-state index contributed by atoms with van der Waals surface area (Å²) in [5.41, 5.74) is 1.38. The van der Waals surface area contributed by atoms with Crippen LogP contribution in [0.25, 0.3) is 6.08 Å². The van der Waals surface area contributed by atoms with Gasteiger partial charge in [-0.25, -0.2) is 4.39 Å². The van der Waals surface area contributed by atoms with E-state index in [0.717, 1.165) is 0 Å². The quantitative estimate of drug-likeness (QED) is 0.458. The van der Waals surface area contributed by atoms with Crippen molar-refractivity contribution < 1.29 is 9.18 Å². The third-order valence-electron chi connectivity index (χ3n) is 6.36. The number of aromatic nitrogens is 1. The number of nitrogens with zero attached hydrogens (tertiary/aromatic N) is 5. The van der Waals surface area contributed by atoms with Gasteiger partial charge >= 0.3 is 0 Å². The molecule has 1 aromatic heterocycles. The monoisotopic (exact) mass is 511 g/mol. The fraction of sp³-hybridized carbons (Fsp3) is 0.360. The number of benzene rings is 1. The van der Waals surface area contributed by atoms with Gasteiger partial charge in [0.15, 0.2) is 0 Å². The fourth-order valence-corrected chi connectivity index (χ4v) is 6.02. The lowest BCUT2D eigenvalue weighted by molar-refractivity contribution is -0.123. The van der Waals surface area contributed by atoms with E-state index >= 15 is 0 Å². The molecule has 2 saturated heterocycles. The van der Waals surface area contributed by atoms with Gasteiger partial charge in [-0.2, -0.15) is 5.26 Å². The molecule has 0 spiro atoms. The molecular formula is C25H26FN5O2S2. The maximum atomic E-state index is 14.3. The Hall–Kier alpha value is -3.16. The number of nitriles is 1. The summed E-state index contributed by atoms with van der Waals surface area (Å²) in [6.45, 7) is 7.74. The first-order valence-corrected chi connectivity index (χ1v) is 12.5. The Morgan fingerprint density at radius 1 is 1.14 bits per heavy atom. The van der Waals surface area contributed by atoms with E-state index in [-0.39, 0.29) is 28.9 Å². The average molecular weight is 512 g/mol. The van der Waals surface area contributed by atoms with Crippen molar-refractivity contribution in [3.8, 4) is 6.07 Å². The van der Waals surface area contributed by atoms with Gasteiger partial charge in [-0.15, -0.1) is 0 Å². The molecule has 2 fully saturated rings. The molecular weight excluding hydrogens is 485 g/mol. The summed E-state index contributed by atoms with van der Waals surface area (Å²) < 4.78 is 16.3. The Bertz CT molecular complexity index is 1340. The smallest absolute Gasteiger partial charge is 0.270 e. The minimum atomic E-state index is -0.386. The molecule has 1 amide bonds. The molecule has 0 atom stereocenters. The molecule has 35 heavy (non-hydrogen) atoms. The molecule has 0 unspecified atom stereocenters. The number of pyridine rings is 1. The Morgan fingerprint density at radius 2 is 1.77 bits per heavy atom. The molecule has 2 aliphatic rings. The molecule has 0 radical (unpaired) electrons. The van der Waals surface area contributed by atoms with Gasteiger partial charge < -0.3 is 9.80 Å². The SMILES string of the molecule is Cc1c(/C=C2\SC(=S)N(C(C)C)C2=O)c(N2CCN(c3ccccc3F)CC2)n(C)c(=O)c1C#N. The number of hydrogen-bond donors (Lipinski definition) is 0. The van der Waals surface area contributed by atoms with Crippen LogP contribution in [0, 0.1) is 24.1 Å². The second-order valence-electron chi connectivity index (χ2n) is 8.78. The number of carbonyl (C=O) groups excluding carboxylic acids is 1. The van der Waals surface area contributed by atoms with Crippen LogP contribution in [0.3, 0.4) is 0 Å². The number of amides is 1. The number of rotatable bonds is 4. The van der Waals surface area contributed by atoms with Gasteiger partial charge in [0.05, 0.1) is 10.6 Å². The first-order chi connectivity index (χ1) is 16.6. The topological polar surface area (TPSA) is 72.6 Å². The molecule has 182 valence electrons. The zero-order chi connectivity index (χ0) is 25.4. The summed E-state index contributed by atoms with van der Waals surface area (Å²) in [6.07, 6.45) is 1.75. The molecule has 0 aliphatic carbocycles. The van der Waals surface area contributed by atoms with E-state index in [0.29, 0.717) is 58.0 Å². The highest BCUT2D eigenvalue weighted by atomic mass is 32.2. The molecule has 4 rings (SSSR count). The highest BCUT2D eigenvalue weighted by Crippen LogP contribution is 2.37. The molecule has 0 saturated carbocycles. The number of piperazine rings is 1. The second-order valence-corrected chi connectivity index (χ2v) is 10.5. The van der Waals surface area contributed by atoms with Crippen LogP contribution >= 0.6 is 24.0 Å². The predicted molar refractivity (Wildman–Crippen MR) is 142 cm³/mol. The van der Waals surface area contributed by atoms with E-state index in [1.54, 1.807) is 37.1 Å². The molecule has 2 aromatic rings. The summed E-state index contributed by atoms with van der Waals surface area (Å²) in [6, 6.07) is 8.63. The maximum Gasteiger partial charge on any atom is 0.270 e. The van der Waals surface area contributed by atoms with E-state index in [1.165, 1.54) is 22.4 Å². The van der Waals surface area contributed by atoms with Crippen LogP contribution < -0.4 is 15.4 Å². The Kier molecular flexibility index (Phi) is 7.01. The van der Waals surface area contributed by atoms with Gasteiger partial charge in [0, 0.05) is 44.8 Å². The minimum Gasteiger partial charge on any atom is -0.366 e. The van der Waals surface area contributed by atoms with Crippen molar-refractivity contribution in [1.29, 1.82) is 5.26 Å². The van der Waals surface area contributed by atoms with Gasteiger partial charge in [-0.1, -0.05) is 36.1 Å². The average Bonchev–Trinajstić information content (AvgIpc) is 3.11. The highest BCUT2D eigenvalue weighted by molar-refractivity contribution is 8.26. The summed E-state index contributed by atoms with van der Waals surface area (Å²) >= 11 is 6.64. The summed E-state index contributed by atoms with van der Waals surface area (Å²) in [5, 5.41) is 9.66. The Balaban J connectivity index is 1.75. The normalized spacial score (nSPS) is 17.6. The highest BCUT2D eigenvalue weighted by Gasteiger charge is 2.35. The van der Waals surface area contributed by atoms with Gasteiger partial charge in [0.1, 0.15) is 27.6 Å². The van der Waals surface area contributed by atoms with Crippen LogP contribution in [0.2, 0.25) is 0 Å². The van der Waals surface area contributed by atoms with Crippen molar-refractivity contribution in [3.63, 3.8) is 0 Å². The largest absolute Gasteiger partial charge is 0.366 e. The molecule has 3 heterocycles. The van der Waals surface area contributed by atoms with Gasteiger partial charge in [-0.05, 0) is 44.5 Å². The number of carbonyl (C=O) groups is 1. The Morgan fingerprint density at radius 3 is 2.34 bits per heavy atom. The zero-order valence-corrected chi connectivity index (χ0v) is 21.7. The Labute approximate surface area is 213 Å². The second kappa shape index (κ2) is 9.84. The third kappa shape index (κ3) is 4.46. The summed E-state index contributed by atoms with van der Waals surface area (Å²) in [5.74, 6) is 0.182. The predicted octanol–water partition coefficient (Wildman–Crippen LogP) is 3.64. The molecule has 0 bridgehead atoms. The molecule has 0 N–H and O–H groups in total. The number of hydrogen-bond acceptors (Lipinski definition) is 7. The molecule has 10 heteroatoms. The van der Waals surface area contributed by atoms with E-state index in [9.17, 15) is 19.2 Å². The number of thioether (sulfide) groups is 1. The molecule has 1 aromatic carbocycles. The van der Waals surface area contributed by atoms with Crippen molar-refractivity contribution in [3.05, 3.63) is 62.0 Å². The lowest BCUT2D eigenvalue weighted by atomic mass is 10.0. The van der Waals surface area contributed by atoms with Gasteiger partial charge in [-0.3, -0.25) is 19.1 Å². The number of anilines is 2. The number of para-hydroxylation sites is 1. The van der Waals surface area contributed by atoms with E-state index in [1.807, 2.05) is 30.9 Å². The van der Waals surface area contributed by atoms with E-state index in [2.05, 4.69) is 4.90 Å². The van der Waals surface area contributed by atoms with Crippen LogP contribution in [-0.4, -0.2) is 51.9 Å². The maximum absolute atomic E-state index is 14.3. The standard InChI is InChI=1S/C25H26FN5O2S2/c1-15(2)31-24(33)21(35-25(31)34)13-17-16(3)18(14-27)23(32)28(4)22(17)30-11-9-29(10-12-30)20-8-6-5-7-19(20)26/h5-8,13,15H,9-12H2,1-4H3/b21-13-. The number of thiocarbonyl (C=S) groups is 1. The van der Waals surface area contributed by atoms with Crippen LogP contribution in [0.5, 0.6) is 0 Å². The van der Waals surface area contributed by atoms with Crippen molar-refractivity contribution >= 4 is 51.8 Å². The zero-order valence-electron chi connectivity index (χ0n) is 20.0.